The van der Waals surface area contributed by atoms with E-state index in [-0.39, 0.29) is 31.1 Å². The lowest BCUT2D eigenvalue weighted by atomic mass is 10.1. The van der Waals surface area contributed by atoms with Crippen LogP contribution in [0, 0.1) is 0 Å². The van der Waals surface area contributed by atoms with E-state index in [1.807, 2.05) is 0 Å². The van der Waals surface area contributed by atoms with Crippen molar-refractivity contribution in [2.24, 2.45) is 0 Å². The molecule has 0 spiro atoms. The molecule has 450 valence electrons. The Balaban J connectivity index is 4.53. The van der Waals surface area contributed by atoms with Crippen LogP contribution in [-0.2, 0) is 28.6 Å². The number of unbranched alkanes of at least 4 members (excludes halogenated alkanes) is 20. The van der Waals surface area contributed by atoms with Crippen LogP contribution in [0.4, 0.5) is 0 Å². The molecule has 0 aromatic carbocycles. The number of allylic oxidation sites excluding steroid dienone is 26. The van der Waals surface area contributed by atoms with Crippen LogP contribution in [0.25, 0.3) is 0 Å². The summed E-state index contributed by atoms with van der Waals surface area (Å²) in [6.45, 7) is 6.35. The van der Waals surface area contributed by atoms with Gasteiger partial charge in [0, 0.05) is 19.3 Å². The maximum absolute atomic E-state index is 12.9. The van der Waals surface area contributed by atoms with Crippen molar-refractivity contribution < 1.29 is 28.6 Å². The summed E-state index contributed by atoms with van der Waals surface area (Å²) in [7, 11) is 0. The summed E-state index contributed by atoms with van der Waals surface area (Å²) in [5.41, 5.74) is 0. The minimum atomic E-state index is -0.813. The van der Waals surface area contributed by atoms with Gasteiger partial charge in [0.05, 0.1) is 0 Å². The lowest BCUT2D eigenvalue weighted by Crippen LogP contribution is -2.30. The van der Waals surface area contributed by atoms with Gasteiger partial charge < -0.3 is 14.2 Å². The first-order valence-electron chi connectivity index (χ1n) is 32.5. The van der Waals surface area contributed by atoms with Crippen LogP contribution in [0.15, 0.2) is 158 Å². The molecule has 0 saturated heterocycles. The van der Waals surface area contributed by atoms with E-state index in [0.717, 1.165) is 173 Å². The topological polar surface area (TPSA) is 78.9 Å². The van der Waals surface area contributed by atoms with E-state index < -0.39 is 6.10 Å². The van der Waals surface area contributed by atoms with Gasteiger partial charge in [-0.05, 0) is 148 Å². The minimum absolute atomic E-state index is 0.105. The summed E-state index contributed by atoms with van der Waals surface area (Å²) in [6, 6.07) is 0. The third-order valence-electron chi connectivity index (χ3n) is 13.2. The first-order valence-corrected chi connectivity index (χ1v) is 32.5. The second-order valence-electron chi connectivity index (χ2n) is 20.9. The zero-order valence-electron chi connectivity index (χ0n) is 51.5. The van der Waals surface area contributed by atoms with Crippen LogP contribution in [0.1, 0.15) is 271 Å². The Morgan fingerprint density at radius 1 is 0.263 bits per heavy atom. The number of carbonyl (C=O) groups excluding carboxylic acids is 3. The van der Waals surface area contributed by atoms with Crippen molar-refractivity contribution in [3.05, 3.63) is 158 Å². The van der Waals surface area contributed by atoms with Gasteiger partial charge in [-0.3, -0.25) is 14.4 Å². The fourth-order valence-electron chi connectivity index (χ4n) is 8.44. The summed E-state index contributed by atoms with van der Waals surface area (Å²) in [5, 5.41) is 0. The molecule has 0 heterocycles. The van der Waals surface area contributed by atoms with Crippen molar-refractivity contribution in [2.45, 2.75) is 277 Å². The highest BCUT2D eigenvalue weighted by atomic mass is 16.6. The Hall–Kier alpha value is -4.97. The minimum Gasteiger partial charge on any atom is -0.462 e. The van der Waals surface area contributed by atoms with Gasteiger partial charge in [-0.1, -0.05) is 262 Å². The predicted octanol–water partition coefficient (Wildman–Crippen LogP) is 22.5. The van der Waals surface area contributed by atoms with Crippen LogP contribution in [0.2, 0.25) is 0 Å². The highest BCUT2D eigenvalue weighted by molar-refractivity contribution is 5.71. The Labute approximate surface area is 492 Å². The van der Waals surface area contributed by atoms with Crippen molar-refractivity contribution in [3.8, 4) is 0 Å². The quantitative estimate of drug-likeness (QED) is 0.0261. The van der Waals surface area contributed by atoms with Gasteiger partial charge in [-0.25, -0.2) is 0 Å². The Morgan fingerprint density at radius 3 is 0.762 bits per heavy atom. The summed E-state index contributed by atoms with van der Waals surface area (Å²) < 4.78 is 16.9. The van der Waals surface area contributed by atoms with Crippen LogP contribution in [-0.4, -0.2) is 37.2 Å². The molecule has 0 aromatic rings. The Bertz CT molecular complexity index is 1790. The molecule has 80 heavy (non-hydrogen) atoms. The lowest BCUT2D eigenvalue weighted by Gasteiger charge is -2.18. The fraction of sp³-hybridized carbons (Fsp3) is 0.608. The normalized spacial score (nSPS) is 13.2. The van der Waals surface area contributed by atoms with Gasteiger partial charge in [0.2, 0.25) is 0 Å². The molecule has 0 rings (SSSR count). The first kappa shape index (κ1) is 75.0. The van der Waals surface area contributed by atoms with Crippen molar-refractivity contribution in [1.29, 1.82) is 0 Å². The van der Waals surface area contributed by atoms with Gasteiger partial charge in [0.15, 0.2) is 6.10 Å². The molecule has 0 aromatic heterocycles. The van der Waals surface area contributed by atoms with E-state index in [9.17, 15) is 14.4 Å². The predicted molar refractivity (Wildman–Crippen MR) is 348 cm³/mol. The zero-order valence-corrected chi connectivity index (χ0v) is 51.5. The monoisotopic (exact) mass is 1100 g/mol. The molecule has 0 aliphatic rings. The molecule has 0 bridgehead atoms. The van der Waals surface area contributed by atoms with E-state index in [4.69, 9.17) is 14.2 Å². The zero-order chi connectivity index (χ0) is 57.8. The average molecular weight is 1100 g/mol. The molecule has 6 nitrogen and oxygen atoms in total. The molecule has 0 aliphatic carbocycles. The number of hydrogen-bond donors (Lipinski definition) is 0. The van der Waals surface area contributed by atoms with Gasteiger partial charge in [0.1, 0.15) is 13.2 Å². The molecular formula is C74H118O6. The summed E-state index contributed by atoms with van der Waals surface area (Å²) in [4.78, 5) is 38.4. The smallest absolute Gasteiger partial charge is 0.306 e. The third-order valence-corrected chi connectivity index (χ3v) is 13.2. The molecular weight excluding hydrogens is 985 g/mol. The highest BCUT2D eigenvalue weighted by Gasteiger charge is 2.19. The fourth-order valence-corrected chi connectivity index (χ4v) is 8.44. The maximum Gasteiger partial charge on any atom is 0.306 e. The molecule has 1 unspecified atom stereocenters. The summed E-state index contributed by atoms with van der Waals surface area (Å²) in [5.74, 6) is -0.958. The molecule has 0 saturated carbocycles. The van der Waals surface area contributed by atoms with E-state index in [1.54, 1.807) is 0 Å². The number of rotatable bonds is 57. The summed E-state index contributed by atoms with van der Waals surface area (Å²) in [6.07, 6.45) is 96.6. The van der Waals surface area contributed by atoms with E-state index in [2.05, 4.69) is 179 Å². The van der Waals surface area contributed by atoms with Crippen molar-refractivity contribution >= 4 is 17.9 Å². The van der Waals surface area contributed by atoms with Crippen LogP contribution >= 0.6 is 0 Å². The first-order chi connectivity index (χ1) is 39.5. The van der Waals surface area contributed by atoms with Gasteiger partial charge in [-0.2, -0.15) is 0 Å². The maximum atomic E-state index is 12.9. The van der Waals surface area contributed by atoms with Crippen LogP contribution in [0.5, 0.6) is 0 Å². The van der Waals surface area contributed by atoms with E-state index >= 15 is 0 Å². The van der Waals surface area contributed by atoms with Gasteiger partial charge in [-0.15, -0.1) is 0 Å². The average Bonchev–Trinajstić information content (AvgIpc) is 3.46. The third kappa shape index (κ3) is 63.9. The molecule has 0 amide bonds. The molecule has 6 heteroatoms. The Morgan fingerprint density at radius 2 is 0.487 bits per heavy atom. The largest absolute Gasteiger partial charge is 0.462 e. The SMILES string of the molecule is CC/C=C\C/C=C\C/C=C\C/C=C\C/C=C\C/C=C\CCCCCCC(=O)OCC(COC(=O)CCCCCCCCC/C=C\C/C=C\CCCCCC)OC(=O)CCCCCCC/C=C\C/C=C\C/C=C\C/C=C\C/C=C\CC. The van der Waals surface area contributed by atoms with E-state index in [1.165, 1.54) is 57.8 Å². The second kappa shape index (κ2) is 66.5. The van der Waals surface area contributed by atoms with Crippen molar-refractivity contribution in [2.75, 3.05) is 13.2 Å². The molecule has 1 atom stereocenters. The summed E-state index contributed by atoms with van der Waals surface area (Å²) >= 11 is 0. The number of esters is 3. The number of carbonyl (C=O) groups is 3. The molecule has 0 fully saturated rings. The Kier molecular flexibility index (Phi) is 62.4. The van der Waals surface area contributed by atoms with Crippen molar-refractivity contribution in [3.63, 3.8) is 0 Å². The molecule has 0 N–H and O–H groups in total. The van der Waals surface area contributed by atoms with Crippen molar-refractivity contribution in [1.82, 2.24) is 0 Å². The van der Waals surface area contributed by atoms with Gasteiger partial charge >= 0.3 is 17.9 Å². The molecule has 0 aliphatic heterocycles. The molecule has 0 radical (unpaired) electrons. The van der Waals surface area contributed by atoms with Gasteiger partial charge in [0.25, 0.3) is 0 Å². The lowest BCUT2D eigenvalue weighted by molar-refractivity contribution is -0.167. The van der Waals surface area contributed by atoms with Crippen LogP contribution in [0.3, 0.4) is 0 Å². The van der Waals surface area contributed by atoms with Crippen LogP contribution < -0.4 is 0 Å². The standard InChI is InChI=1S/C74H118O6/c1-4-7-10-13-16-19-22-25-28-31-34-36-37-39-40-43-46-49-52-55-58-61-64-67-73(76)79-70-71(69-78-72(75)66-63-60-57-54-51-48-45-42-33-30-27-24-21-18-15-12-9-6-3)80-74(77)68-65-62-59-56-53-50-47-44-41-38-35-32-29-26-23-20-17-14-11-8-5-2/h7-8,10-11,16-17,19-21,24-26,28-30,33-36,38-40,44,46-47,49,71H,4-6,9,12-15,18,22-23,27,31-32,37,41-43,45,48,50-70H2,1-3H3/b10-7-,11-8-,19-16-,20-17-,24-21-,28-25-,29-26-,33-30-,36-34-,38-35-,40-39-,47-44-,49-46-. The second-order valence-corrected chi connectivity index (χ2v) is 20.9. The number of hydrogen-bond acceptors (Lipinski definition) is 6. The van der Waals surface area contributed by atoms with E-state index in [0.29, 0.717) is 19.3 Å². The number of ether oxygens (including phenoxy) is 3. The highest BCUT2D eigenvalue weighted by Crippen LogP contribution is 2.14.